The van der Waals surface area contributed by atoms with Crippen LogP contribution in [-0.4, -0.2) is 5.91 Å². The molecule has 1 aromatic heterocycles. The van der Waals surface area contributed by atoms with Crippen LogP contribution in [0.25, 0.3) is 0 Å². The summed E-state index contributed by atoms with van der Waals surface area (Å²) in [7, 11) is 0. The number of nitrogens with one attached hydrogen (secondary N) is 1. The van der Waals surface area contributed by atoms with E-state index in [0.29, 0.717) is 5.76 Å². The maximum atomic E-state index is 13.3. The maximum Gasteiger partial charge on any atom is 0.287 e. The number of carbonyl (C=O) groups is 1. The first-order chi connectivity index (χ1) is 9.10. The van der Waals surface area contributed by atoms with Crippen LogP contribution in [0.3, 0.4) is 0 Å². The second-order valence-corrected chi connectivity index (χ2v) is 3.89. The van der Waals surface area contributed by atoms with Crippen molar-refractivity contribution >= 4 is 5.91 Å². The molecule has 2 rings (SSSR count). The molecule has 4 nitrogen and oxygen atoms in total. The molecule has 0 aliphatic rings. The van der Waals surface area contributed by atoms with Crippen molar-refractivity contribution in [1.82, 2.24) is 5.32 Å². The molecule has 0 saturated heterocycles. The van der Waals surface area contributed by atoms with Crippen molar-refractivity contribution in [3.8, 4) is 0 Å². The van der Waals surface area contributed by atoms with E-state index in [1.165, 1.54) is 6.07 Å². The lowest BCUT2D eigenvalue weighted by molar-refractivity contribution is 0.0921. The minimum Gasteiger partial charge on any atom is -0.455 e. The molecule has 0 bridgehead atoms. The molecule has 6 heteroatoms. The number of furan rings is 1. The first kappa shape index (κ1) is 13.2. The highest BCUT2D eigenvalue weighted by Crippen LogP contribution is 2.11. The molecule has 0 saturated carbocycles. The number of halogens is 2. The van der Waals surface area contributed by atoms with Gasteiger partial charge in [-0.15, -0.1) is 0 Å². The van der Waals surface area contributed by atoms with E-state index in [1.54, 1.807) is 6.07 Å². The van der Waals surface area contributed by atoms with E-state index in [9.17, 15) is 13.6 Å². The average Bonchev–Trinajstić information content (AvgIpc) is 2.88. The minimum atomic E-state index is -0.580. The van der Waals surface area contributed by atoms with Crippen molar-refractivity contribution in [1.29, 1.82) is 0 Å². The normalized spacial score (nSPS) is 10.5. The molecule has 1 aromatic carbocycles. The van der Waals surface area contributed by atoms with Gasteiger partial charge in [0.1, 0.15) is 17.4 Å². The van der Waals surface area contributed by atoms with Crippen LogP contribution in [0.4, 0.5) is 8.78 Å². The summed E-state index contributed by atoms with van der Waals surface area (Å²) < 4.78 is 31.4. The summed E-state index contributed by atoms with van der Waals surface area (Å²) in [5, 5.41) is 2.44. The predicted molar refractivity (Wildman–Crippen MR) is 64.1 cm³/mol. The molecule has 0 fully saturated rings. The number of benzene rings is 1. The van der Waals surface area contributed by atoms with Gasteiger partial charge >= 0.3 is 0 Å². The van der Waals surface area contributed by atoms with Gasteiger partial charge in [0.2, 0.25) is 0 Å². The topological polar surface area (TPSA) is 68.3 Å². The largest absolute Gasteiger partial charge is 0.455 e. The third-order valence-electron chi connectivity index (χ3n) is 2.53. The van der Waals surface area contributed by atoms with Gasteiger partial charge in [-0.3, -0.25) is 4.79 Å². The summed E-state index contributed by atoms with van der Waals surface area (Å²) in [6, 6.07) is 6.11. The third kappa shape index (κ3) is 3.17. The smallest absolute Gasteiger partial charge is 0.287 e. The first-order valence-electron chi connectivity index (χ1n) is 5.61. The Labute approximate surface area is 108 Å². The van der Waals surface area contributed by atoms with E-state index >= 15 is 0 Å². The Balaban J connectivity index is 2.02. The fourth-order valence-corrected chi connectivity index (χ4v) is 1.55. The quantitative estimate of drug-likeness (QED) is 0.888. The Hall–Kier alpha value is -2.21. The number of carbonyl (C=O) groups excluding carboxylic acids is 1. The van der Waals surface area contributed by atoms with Crippen LogP contribution in [0.5, 0.6) is 0 Å². The van der Waals surface area contributed by atoms with Gasteiger partial charge in [-0.1, -0.05) is 0 Å². The zero-order valence-corrected chi connectivity index (χ0v) is 9.95. The van der Waals surface area contributed by atoms with E-state index in [0.717, 1.165) is 18.2 Å². The van der Waals surface area contributed by atoms with E-state index < -0.39 is 17.5 Å². The summed E-state index contributed by atoms with van der Waals surface area (Å²) in [6.45, 7) is 0.0624. The number of amides is 1. The second-order valence-electron chi connectivity index (χ2n) is 3.89. The number of rotatable bonds is 4. The van der Waals surface area contributed by atoms with Gasteiger partial charge in [0.15, 0.2) is 5.76 Å². The molecule has 0 radical (unpaired) electrons. The van der Waals surface area contributed by atoms with Crippen LogP contribution in [0.1, 0.15) is 21.9 Å². The number of hydrogen-bond acceptors (Lipinski definition) is 3. The molecule has 3 N–H and O–H groups in total. The maximum absolute atomic E-state index is 13.3. The van der Waals surface area contributed by atoms with Gasteiger partial charge in [-0.2, -0.15) is 0 Å². The molecular weight excluding hydrogens is 254 g/mol. The van der Waals surface area contributed by atoms with Gasteiger partial charge in [0.05, 0.1) is 6.54 Å². The van der Waals surface area contributed by atoms with Gasteiger partial charge < -0.3 is 15.5 Å². The SMILES string of the molecule is NCc1ccc(C(=O)NCc2cc(F)ccc2F)o1. The Morgan fingerprint density at radius 3 is 2.74 bits per heavy atom. The highest BCUT2D eigenvalue weighted by molar-refractivity contribution is 5.91. The fourth-order valence-electron chi connectivity index (χ4n) is 1.55. The second kappa shape index (κ2) is 5.62. The zero-order chi connectivity index (χ0) is 13.8. The summed E-state index contributed by atoms with van der Waals surface area (Å²) in [5.41, 5.74) is 5.42. The molecule has 0 spiro atoms. The summed E-state index contributed by atoms with van der Waals surface area (Å²) in [5.74, 6) is -1.10. The van der Waals surface area contributed by atoms with Gasteiger partial charge in [0, 0.05) is 12.1 Å². The fraction of sp³-hybridized carbons (Fsp3) is 0.154. The van der Waals surface area contributed by atoms with Crippen LogP contribution < -0.4 is 11.1 Å². The molecule has 1 heterocycles. The van der Waals surface area contributed by atoms with Crippen molar-refractivity contribution in [2.75, 3.05) is 0 Å². The van der Waals surface area contributed by atoms with E-state index in [1.807, 2.05) is 0 Å². The van der Waals surface area contributed by atoms with E-state index in [4.69, 9.17) is 10.2 Å². The third-order valence-corrected chi connectivity index (χ3v) is 2.53. The molecule has 1 amide bonds. The Bertz CT molecular complexity index is 596. The van der Waals surface area contributed by atoms with E-state index in [2.05, 4.69) is 5.32 Å². The highest BCUT2D eigenvalue weighted by Gasteiger charge is 2.11. The molecular formula is C13H12F2N2O2. The highest BCUT2D eigenvalue weighted by atomic mass is 19.1. The van der Waals surface area contributed by atoms with Gasteiger partial charge in [-0.25, -0.2) is 8.78 Å². The van der Waals surface area contributed by atoms with Crippen molar-refractivity contribution in [3.05, 3.63) is 59.1 Å². The lowest BCUT2D eigenvalue weighted by Gasteiger charge is -2.05. The molecule has 0 atom stereocenters. The Kier molecular flexibility index (Phi) is 3.91. The Morgan fingerprint density at radius 2 is 2.05 bits per heavy atom. The minimum absolute atomic E-state index is 0.0685. The van der Waals surface area contributed by atoms with E-state index in [-0.39, 0.29) is 24.4 Å². The van der Waals surface area contributed by atoms with Crippen LogP contribution >= 0.6 is 0 Å². The van der Waals surface area contributed by atoms with Crippen molar-refractivity contribution < 1.29 is 18.0 Å². The summed E-state index contributed by atoms with van der Waals surface area (Å²) in [4.78, 5) is 11.7. The van der Waals surface area contributed by atoms with Crippen LogP contribution in [0.15, 0.2) is 34.7 Å². The standard InChI is InChI=1S/C13H12F2N2O2/c14-9-1-3-11(15)8(5-9)7-17-13(18)12-4-2-10(6-16)19-12/h1-5H,6-7,16H2,(H,17,18). The van der Waals surface area contributed by atoms with Crippen LogP contribution in [0, 0.1) is 11.6 Å². The molecule has 2 aromatic rings. The van der Waals surface area contributed by atoms with Crippen LogP contribution in [-0.2, 0) is 13.1 Å². The monoisotopic (exact) mass is 266 g/mol. The lowest BCUT2D eigenvalue weighted by atomic mass is 10.2. The van der Waals surface area contributed by atoms with Crippen LogP contribution in [0.2, 0.25) is 0 Å². The first-order valence-corrected chi connectivity index (χ1v) is 5.61. The zero-order valence-electron chi connectivity index (χ0n) is 9.95. The molecule has 0 unspecified atom stereocenters. The number of nitrogens with two attached hydrogens (primary N) is 1. The van der Waals surface area contributed by atoms with Crippen molar-refractivity contribution in [2.45, 2.75) is 13.1 Å². The predicted octanol–water partition coefficient (Wildman–Crippen LogP) is 1.95. The summed E-state index contributed by atoms with van der Waals surface area (Å²) >= 11 is 0. The summed E-state index contributed by atoms with van der Waals surface area (Å²) in [6.07, 6.45) is 0. The van der Waals surface area contributed by atoms with Crippen molar-refractivity contribution in [3.63, 3.8) is 0 Å². The van der Waals surface area contributed by atoms with Gasteiger partial charge in [0.25, 0.3) is 5.91 Å². The molecule has 0 aliphatic heterocycles. The van der Waals surface area contributed by atoms with Gasteiger partial charge in [-0.05, 0) is 30.3 Å². The van der Waals surface area contributed by atoms with Crippen molar-refractivity contribution in [2.24, 2.45) is 5.73 Å². The Morgan fingerprint density at radius 1 is 1.26 bits per heavy atom. The molecule has 0 aliphatic carbocycles. The average molecular weight is 266 g/mol. The number of hydrogen-bond donors (Lipinski definition) is 2. The lowest BCUT2D eigenvalue weighted by Crippen LogP contribution is -2.22. The molecule has 100 valence electrons. The molecule has 19 heavy (non-hydrogen) atoms.